The maximum atomic E-state index is 12.8. The van der Waals surface area contributed by atoms with Gasteiger partial charge in [-0.2, -0.15) is 0 Å². The minimum absolute atomic E-state index is 0.0204. The zero-order valence-corrected chi connectivity index (χ0v) is 15.1. The molecule has 27 heavy (non-hydrogen) atoms. The van der Waals surface area contributed by atoms with Gasteiger partial charge in [-0.05, 0) is 36.2 Å². The maximum Gasteiger partial charge on any atom is 0.259 e. The number of carbonyl (C=O) groups is 1. The normalized spacial score (nSPS) is 12.6. The first kappa shape index (κ1) is 17.0. The molecule has 0 radical (unpaired) electrons. The Hall–Kier alpha value is -3.41. The zero-order valence-electron chi connectivity index (χ0n) is 15.1. The third kappa shape index (κ3) is 3.46. The molecule has 0 spiro atoms. The molecule has 136 valence electrons. The topological polar surface area (TPSA) is 67.3 Å². The lowest BCUT2D eigenvalue weighted by atomic mass is 10.2. The number of ether oxygens (including phenoxy) is 1. The largest absolute Gasteiger partial charge is 0.481 e. The number of anilines is 2. The maximum absolute atomic E-state index is 12.8. The van der Waals surface area contributed by atoms with Gasteiger partial charge in [0.2, 0.25) is 5.88 Å². The van der Waals surface area contributed by atoms with Crippen molar-refractivity contribution >= 4 is 17.4 Å². The number of rotatable bonds is 5. The molecule has 0 atom stereocenters. The molecule has 6 nitrogen and oxygen atoms in total. The van der Waals surface area contributed by atoms with E-state index >= 15 is 0 Å². The van der Waals surface area contributed by atoms with Gasteiger partial charge in [-0.1, -0.05) is 24.3 Å². The number of methoxy groups -OCH3 is 1. The number of benzene rings is 1. The fourth-order valence-corrected chi connectivity index (χ4v) is 3.26. The van der Waals surface area contributed by atoms with Crippen LogP contribution < -0.4 is 15.0 Å². The smallest absolute Gasteiger partial charge is 0.259 e. The monoisotopic (exact) mass is 360 g/mol. The number of nitrogens with one attached hydrogen (secondary N) is 1. The van der Waals surface area contributed by atoms with Crippen LogP contribution >= 0.6 is 0 Å². The Morgan fingerprint density at radius 2 is 2.04 bits per heavy atom. The number of aromatic nitrogens is 2. The predicted octanol–water partition coefficient (Wildman–Crippen LogP) is 3.30. The average Bonchev–Trinajstić information content (AvgIpc) is 3.16. The summed E-state index contributed by atoms with van der Waals surface area (Å²) in [6.07, 6.45) is 4.20. The van der Waals surface area contributed by atoms with Gasteiger partial charge in [-0.15, -0.1) is 0 Å². The van der Waals surface area contributed by atoms with Gasteiger partial charge >= 0.3 is 0 Å². The molecule has 2 aromatic heterocycles. The van der Waals surface area contributed by atoms with Gasteiger partial charge < -0.3 is 15.0 Å². The molecule has 6 heteroatoms. The standard InChI is InChI=1S/C21H20N4O2/c1-27-20-16(6-4-11-22-20)13-23-19-9-8-17(14-24-19)21(26)25-12-10-15-5-2-3-7-18(15)25/h2-9,11,14H,10,12-13H2,1H3,(H,23,24). The third-order valence-corrected chi connectivity index (χ3v) is 4.65. The van der Waals surface area contributed by atoms with Crippen molar-refractivity contribution in [2.75, 3.05) is 23.9 Å². The van der Waals surface area contributed by atoms with Crippen LogP contribution in [-0.4, -0.2) is 29.5 Å². The van der Waals surface area contributed by atoms with E-state index in [9.17, 15) is 4.79 Å². The zero-order chi connectivity index (χ0) is 18.6. The minimum atomic E-state index is -0.0204. The molecule has 3 heterocycles. The molecule has 0 saturated heterocycles. The highest BCUT2D eigenvalue weighted by atomic mass is 16.5. The van der Waals surface area contributed by atoms with Gasteiger partial charge in [0.15, 0.2) is 0 Å². The van der Waals surface area contributed by atoms with Gasteiger partial charge in [0.05, 0.1) is 12.7 Å². The van der Waals surface area contributed by atoms with Gasteiger partial charge in [0.25, 0.3) is 5.91 Å². The van der Waals surface area contributed by atoms with Crippen molar-refractivity contribution in [3.05, 3.63) is 77.6 Å². The molecule has 0 bridgehead atoms. The van der Waals surface area contributed by atoms with Gasteiger partial charge in [0, 0.05) is 36.7 Å². The Morgan fingerprint density at radius 3 is 2.85 bits per heavy atom. The Labute approximate surface area is 157 Å². The molecule has 1 aliphatic heterocycles. The number of para-hydroxylation sites is 1. The van der Waals surface area contributed by atoms with E-state index in [0.29, 0.717) is 30.4 Å². The molecular formula is C21H20N4O2. The molecule has 0 unspecified atom stereocenters. The van der Waals surface area contributed by atoms with Crippen LogP contribution in [-0.2, 0) is 13.0 Å². The summed E-state index contributed by atoms with van der Waals surface area (Å²) in [5.74, 6) is 1.26. The second-order valence-electron chi connectivity index (χ2n) is 6.29. The highest BCUT2D eigenvalue weighted by Gasteiger charge is 2.25. The lowest BCUT2D eigenvalue weighted by Crippen LogP contribution is -2.28. The second kappa shape index (κ2) is 7.45. The summed E-state index contributed by atoms with van der Waals surface area (Å²) in [6, 6.07) is 15.5. The Kier molecular flexibility index (Phi) is 4.70. The van der Waals surface area contributed by atoms with Crippen molar-refractivity contribution in [1.82, 2.24) is 9.97 Å². The van der Waals surface area contributed by atoms with Crippen LogP contribution in [0.5, 0.6) is 5.88 Å². The van der Waals surface area contributed by atoms with Crippen molar-refractivity contribution in [2.24, 2.45) is 0 Å². The lowest BCUT2D eigenvalue weighted by molar-refractivity contribution is 0.0989. The Bertz CT molecular complexity index is 956. The Morgan fingerprint density at radius 1 is 1.15 bits per heavy atom. The molecular weight excluding hydrogens is 340 g/mol. The first-order valence-corrected chi connectivity index (χ1v) is 8.84. The SMILES string of the molecule is COc1ncccc1CNc1ccc(C(=O)N2CCc3ccccc32)cn1. The number of fused-ring (bicyclic) bond motifs is 1. The van der Waals surface area contributed by atoms with E-state index in [1.807, 2.05) is 41.3 Å². The van der Waals surface area contributed by atoms with Gasteiger partial charge in [-0.3, -0.25) is 4.79 Å². The van der Waals surface area contributed by atoms with Gasteiger partial charge in [0.1, 0.15) is 5.82 Å². The van der Waals surface area contributed by atoms with Crippen molar-refractivity contribution < 1.29 is 9.53 Å². The molecule has 0 fully saturated rings. The molecule has 3 aromatic rings. The molecule has 1 aliphatic rings. The van der Waals surface area contributed by atoms with Crippen molar-refractivity contribution in [3.8, 4) is 5.88 Å². The summed E-state index contributed by atoms with van der Waals surface area (Å²) in [7, 11) is 1.60. The van der Waals surface area contributed by atoms with Crippen LogP contribution in [0.4, 0.5) is 11.5 Å². The van der Waals surface area contributed by atoms with Crippen LogP contribution in [0.3, 0.4) is 0 Å². The fourth-order valence-electron chi connectivity index (χ4n) is 3.26. The predicted molar refractivity (Wildman–Crippen MR) is 104 cm³/mol. The van der Waals surface area contributed by atoms with Crippen LogP contribution in [0, 0.1) is 0 Å². The van der Waals surface area contributed by atoms with Crippen molar-refractivity contribution in [1.29, 1.82) is 0 Å². The molecule has 4 rings (SSSR count). The van der Waals surface area contributed by atoms with Crippen molar-refractivity contribution in [3.63, 3.8) is 0 Å². The first-order chi connectivity index (χ1) is 13.3. The Balaban J connectivity index is 1.44. The minimum Gasteiger partial charge on any atom is -0.481 e. The van der Waals surface area contributed by atoms with Crippen LogP contribution in [0.25, 0.3) is 0 Å². The number of carbonyl (C=O) groups excluding carboxylic acids is 1. The fraction of sp³-hybridized carbons (Fsp3) is 0.190. The number of hydrogen-bond donors (Lipinski definition) is 1. The molecule has 0 aliphatic carbocycles. The quantitative estimate of drug-likeness (QED) is 0.756. The van der Waals surface area contributed by atoms with E-state index in [-0.39, 0.29) is 5.91 Å². The summed E-state index contributed by atoms with van der Waals surface area (Å²) < 4.78 is 5.25. The number of amides is 1. The van der Waals surface area contributed by atoms with Crippen LogP contribution in [0.15, 0.2) is 60.9 Å². The average molecular weight is 360 g/mol. The number of nitrogens with zero attached hydrogens (tertiary/aromatic N) is 3. The van der Waals surface area contributed by atoms with E-state index in [0.717, 1.165) is 17.7 Å². The summed E-state index contributed by atoms with van der Waals surface area (Å²) in [5.41, 5.74) is 3.72. The summed E-state index contributed by atoms with van der Waals surface area (Å²) in [6.45, 7) is 1.25. The molecule has 1 amide bonds. The highest BCUT2D eigenvalue weighted by Crippen LogP contribution is 2.28. The number of pyridine rings is 2. The van der Waals surface area contributed by atoms with E-state index < -0.39 is 0 Å². The van der Waals surface area contributed by atoms with E-state index in [1.165, 1.54) is 5.56 Å². The van der Waals surface area contributed by atoms with Gasteiger partial charge in [-0.25, -0.2) is 9.97 Å². The summed E-state index contributed by atoms with van der Waals surface area (Å²) in [4.78, 5) is 23.2. The lowest BCUT2D eigenvalue weighted by Gasteiger charge is -2.17. The first-order valence-electron chi connectivity index (χ1n) is 8.84. The second-order valence-corrected chi connectivity index (χ2v) is 6.29. The summed E-state index contributed by atoms with van der Waals surface area (Å²) in [5, 5.41) is 3.23. The van der Waals surface area contributed by atoms with Crippen LogP contribution in [0.2, 0.25) is 0 Å². The molecule has 1 aromatic carbocycles. The highest BCUT2D eigenvalue weighted by molar-refractivity contribution is 6.07. The number of hydrogen-bond acceptors (Lipinski definition) is 5. The van der Waals surface area contributed by atoms with E-state index in [4.69, 9.17) is 4.74 Å². The molecule has 0 saturated carbocycles. The van der Waals surface area contributed by atoms with Crippen molar-refractivity contribution in [2.45, 2.75) is 13.0 Å². The molecule has 1 N–H and O–H groups in total. The van der Waals surface area contributed by atoms with E-state index in [1.54, 1.807) is 25.6 Å². The summed E-state index contributed by atoms with van der Waals surface area (Å²) >= 11 is 0. The van der Waals surface area contributed by atoms with Crippen LogP contribution in [0.1, 0.15) is 21.5 Å². The van der Waals surface area contributed by atoms with E-state index in [2.05, 4.69) is 21.4 Å². The third-order valence-electron chi connectivity index (χ3n) is 4.65.